The Morgan fingerprint density at radius 2 is 2.00 bits per heavy atom. The molecule has 4 heteroatoms. The molecule has 1 saturated carbocycles. The van der Waals surface area contributed by atoms with E-state index in [1.165, 1.54) is 32.1 Å². The van der Waals surface area contributed by atoms with Gasteiger partial charge < -0.3 is 10.1 Å². The number of pyridine rings is 1. The molecular weight excluding hydrogens is 288 g/mol. The Balaban J connectivity index is 1.62. The highest BCUT2D eigenvalue weighted by molar-refractivity contribution is 5.75. The smallest absolute Gasteiger partial charge is 0.220 e. The summed E-state index contributed by atoms with van der Waals surface area (Å²) in [6.07, 6.45) is 13.4. The van der Waals surface area contributed by atoms with E-state index in [2.05, 4.69) is 17.2 Å². The second-order valence-electron chi connectivity index (χ2n) is 6.47. The summed E-state index contributed by atoms with van der Waals surface area (Å²) < 4.78 is 5.84. The van der Waals surface area contributed by atoms with E-state index in [0.717, 1.165) is 31.2 Å². The largest absolute Gasteiger partial charge is 0.474 e. The molecule has 1 aliphatic rings. The molecule has 0 saturated heterocycles. The number of carbonyl (C=O) groups is 1. The van der Waals surface area contributed by atoms with E-state index < -0.39 is 0 Å². The van der Waals surface area contributed by atoms with Gasteiger partial charge >= 0.3 is 0 Å². The van der Waals surface area contributed by atoms with Gasteiger partial charge in [0, 0.05) is 25.2 Å². The van der Waals surface area contributed by atoms with Crippen LogP contribution in [0.4, 0.5) is 0 Å². The summed E-state index contributed by atoms with van der Waals surface area (Å²) in [6.45, 7) is 2.75. The van der Waals surface area contributed by atoms with Crippen LogP contribution in [0.15, 0.2) is 18.3 Å². The van der Waals surface area contributed by atoms with Crippen molar-refractivity contribution in [2.45, 2.75) is 83.8 Å². The molecule has 0 radical (unpaired) electrons. The molecule has 0 aliphatic heterocycles. The quantitative estimate of drug-likeness (QED) is 0.651. The molecule has 0 unspecified atom stereocenters. The van der Waals surface area contributed by atoms with Crippen LogP contribution in [0.3, 0.4) is 0 Å². The molecule has 0 spiro atoms. The van der Waals surface area contributed by atoms with E-state index in [1.807, 2.05) is 12.1 Å². The maximum Gasteiger partial charge on any atom is 0.220 e. The molecule has 4 nitrogen and oxygen atoms in total. The lowest BCUT2D eigenvalue weighted by Gasteiger charge is -2.12. The zero-order valence-electron chi connectivity index (χ0n) is 14.4. The zero-order chi connectivity index (χ0) is 16.3. The number of unbranched alkanes of at least 4 members (excludes halogenated alkanes) is 4. The summed E-state index contributed by atoms with van der Waals surface area (Å²) in [5.41, 5.74) is 1.02. The van der Waals surface area contributed by atoms with Crippen molar-refractivity contribution in [3.63, 3.8) is 0 Å². The van der Waals surface area contributed by atoms with Crippen LogP contribution in [0.2, 0.25) is 0 Å². The van der Waals surface area contributed by atoms with Crippen LogP contribution in [0, 0.1) is 0 Å². The summed E-state index contributed by atoms with van der Waals surface area (Å²) in [4.78, 5) is 16.1. The Morgan fingerprint density at radius 1 is 1.22 bits per heavy atom. The maximum atomic E-state index is 11.8. The Labute approximate surface area is 140 Å². The molecule has 0 atom stereocenters. The minimum atomic E-state index is 0.132. The van der Waals surface area contributed by atoms with E-state index in [9.17, 15) is 4.79 Å². The molecule has 2 rings (SSSR count). The molecule has 1 N–H and O–H groups in total. The van der Waals surface area contributed by atoms with Gasteiger partial charge in [0.2, 0.25) is 11.8 Å². The first-order valence-corrected chi connectivity index (χ1v) is 9.16. The molecule has 1 fully saturated rings. The van der Waals surface area contributed by atoms with E-state index in [0.29, 0.717) is 24.9 Å². The zero-order valence-corrected chi connectivity index (χ0v) is 14.4. The van der Waals surface area contributed by atoms with Crippen molar-refractivity contribution in [2.75, 3.05) is 0 Å². The van der Waals surface area contributed by atoms with Crippen molar-refractivity contribution in [3.05, 3.63) is 23.9 Å². The second-order valence-corrected chi connectivity index (χ2v) is 6.47. The Hall–Kier alpha value is -1.58. The number of amides is 1. The number of aromatic nitrogens is 1. The van der Waals surface area contributed by atoms with Gasteiger partial charge in [-0.05, 0) is 37.7 Å². The van der Waals surface area contributed by atoms with Crippen LogP contribution in [-0.2, 0) is 11.3 Å². The molecule has 1 aliphatic carbocycles. The van der Waals surface area contributed by atoms with E-state index in [4.69, 9.17) is 4.74 Å². The number of hydrogen-bond donors (Lipinski definition) is 1. The molecular formula is C19H30N2O2. The predicted molar refractivity (Wildman–Crippen MR) is 92.3 cm³/mol. The Bertz CT molecular complexity index is 453. The Morgan fingerprint density at radius 3 is 2.70 bits per heavy atom. The predicted octanol–water partition coefficient (Wildman–Crippen LogP) is 4.38. The molecule has 0 bridgehead atoms. The third-order valence-electron chi connectivity index (χ3n) is 4.38. The number of carbonyl (C=O) groups excluding carboxylic acids is 1. The van der Waals surface area contributed by atoms with Gasteiger partial charge in [-0.2, -0.15) is 0 Å². The van der Waals surface area contributed by atoms with Crippen LogP contribution >= 0.6 is 0 Å². The molecule has 0 aromatic carbocycles. The SMILES string of the molecule is CCCCCCCC(=O)NCc1ccc(OC2CCCC2)nc1. The minimum Gasteiger partial charge on any atom is -0.474 e. The van der Waals surface area contributed by atoms with Gasteiger partial charge in [0.1, 0.15) is 6.10 Å². The van der Waals surface area contributed by atoms with Crippen molar-refractivity contribution in [1.82, 2.24) is 10.3 Å². The second kappa shape index (κ2) is 10.2. The molecule has 1 aromatic heterocycles. The first-order chi connectivity index (χ1) is 11.3. The van der Waals surface area contributed by atoms with Crippen LogP contribution in [0.5, 0.6) is 5.88 Å². The Kier molecular flexibility index (Phi) is 7.91. The molecule has 1 amide bonds. The highest BCUT2D eigenvalue weighted by Gasteiger charge is 2.16. The normalized spacial score (nSPS) is 14.8. The molecule has 1 aromatic rings. The average molecular weight is 318 g/mol. The maximum absolute atomic E-state index is 11.8. The van der Waals surface area contributed by atoms with E-state index >= 15 is 0 Å². The van der Waals surface area contributed by atoms with E-state index in [1.54, 1.807) is 6.20 Å². The third kappa shape index (κ3) is 7.02. The highest BCUT2D eigenvalue weighted by Crippen LogP contribution is 2.22. The highest BCUT2D eigenvalue weighted by atomic mass is 16.5. The lowest BCUT2D eigenvalue weighted by atomic mass is 10.1. The lowest BCUT2D eigenvalue weighted by Crippen LogP contribution is -2.22. The monoisotopic (exact) mass is 318 g/mol. The van der Waals surface area contributed by atoms with Crippen molar-refractivity contribution >= 4 is 5.91 Å². The summed E-state index contributed by atoms with van der Waals surface area (Å²) in [7, 11) is 0. The fourth-order valence-corrected chi connectivity index (χ4v) is 2.94. The minimum absolute atomic E-state index is 0.132. The topological polar surface area (TPSA) is 51.2 Å². The fourth-order valence-electron chi connectivity index (χ4n) is 2.94. The van der Waals surface area contributed by atoms with E-state index in [-0.39, 0.29) is 5.91 Å². The third-order valence-corrected chi connectivity index (χ3v) is 4.38. The van der Waals surface area contributed by atoms with Crippen LogP contribution in [0.1, 0.15) is 76.7 Å². The first kappa shape index (κ1) is 17.8. The average Bonchev–Trinajstić information content (AvgIpc) is 3.07. The van der Waals surface area contributed by atoms with Gasteiger partial charge in [0.15, 0.2) is 0 Å². The van der Waals surface area contributed by atoms with Gasteiger partial charge in [0.25, 0.3) is 0 Å². The number of hydrogen-bond acceptors (Lipinski definition) is 3. The number of nitrogens with one attached hydrogen (secondary N) is 1. The van der Waals surface area contributed by atoms with Crippen molar-refractivity contribution in [3.8, 4) is 5.88 Å². The number of rotatable bonds is 10. The van der Waals surface area contributed by atoms with Crippen LogP contribution in [-0.4, -0.2) is 17.0 Å². The lowest BCUT2D eigenvalue weighted by molar-refractivity contribution is -0.121. The fraction of sp³-hybridized carbons (Fsp3) is 0.684. The number of ether oxygens (including phenoxy) is 1. The molecule has 128 valence electrons. The van der Waals surface area contributed by atoms with Crippen molar-refractivity contribution in [2.24, 2.45) is 0 Å². The van der Waals surface area contributed by atoms with Crippen LogP contribution < -0.4 is 10.1 Å². The van der Waals surface area contributed by atoms with Gasteiger partial charge in [-0.15, -0.1) is 0 Å². The van der Waals surface area contributed by atoms with Gasteiger partial charge in [-0.3, -0.25) is 4.79 Å². The molecule has 1 heterocycles. The van der Waals surface area contributed by atoms with Crippen molar-refractivity contribution in [1.29, 1.82) is 0 Å². The summed E-state index contributed by atoms with van der Waals surface area (Å²) >= 11 is 0. The summed E-state index contributed by atoms with van der Waals surface area (Å²) in [5.74, 6) is 0.829. The molecule has 23 heavy (non-hydrogen) atoms. The van der Waals surface area contributed by atoms with Gasteiger partial charge in [-0.1, -0.05) is 38.7 Å². The van der Waals surface area contributed by atoms with Crippen molar-refractivity contribution < 1.29 is 9.53 Å². The van der Waals surface area contributed by atoms with Gasteiger partial charge in [-0.25, -0.2) is 4.98 Å². The number of nitrogens with zero attached hydrogens (tertiary/aromatic N) is 1. The van der Waals surface area contributed by atoms with Gasteiger partial charge in [0.05, 0.1) is 0 Å². The summed E-state index contributed by atoms with van der Waals surface area (Å²) in [6, 6.07) is 3.89. The van der Waals surface area contributed by atoms with Crippen LogP contribution in [0.25, 0.3) is 0 Å². The standard InChI is InChI=1S/C19H30N2O2/c1-2-3-4-5-6-11-18(22)20-14-16-12-13-19(21-15-16)23-17-9-7-8-10-17/h12-13,15,17H,2-11,14H2,1H3,(H,20,22). The summed E-state index contributed by atoms with van der Waals surface area (Å²) in [5, 5.41) is 2.96. The first-order valence-electron chi connectivity index (χ1n) is 9.16.